The van der Waals surface area contributed by atoms with Gasteiger partial charge in [0.15, 0.2) is 0 Å². The maximum atomic E-state index is 8.91. The van der Waals surface area contributed by atoms with Crippen molar-refractivity contribution >= 4 is 11.3 Å². The van der Waals surface area contributed by atoms with Gasteiger partial charge in [-0.1, -0.05) is 24.3 Å². The van der Waals surface area contributed by atoms with Crippen LogP contribution in [0.4, 0.5) is 0 Å². The standard InChI is InChI=1S/C12H9NOS/c13-7-12-11(5-6-15-12)10-3-1-9(8-14)2-4-10/h1-6,14H,8H2. The number of hydrogen-bond acceptors (Lipinski definition) is 3. The monoisotopic (exact) mass is 215 g/mol. The Morgan fingerprint density at radius 3 is 2.53 bits per heavy atom. The van der Waals surface area contributed by atoms with Gasteiger partial charge in [-0.15, -0.1) is 11.3 Å². The van der Waals surface area contributed by atoms with Crippen LogP contribution in [0.5, 0.6) is 0 Å². The Balaban J connectivity index is 2.42. The van der Waals surface area contributed by atoms with E-state index in [1.54, 1.807) is 0 Å². The predicted octanol–water partition coefficient (Wildman–Crippen LogP) is 2.78. The Morgan fingerprint density at radius 1 is 1.20 bits per heavy atom. The molecule has 0 saturated heterocycles. The minimum atomic E-state index is 0.0506. The average Bonchev–Trinajstić information content (AvgIpc) is 2.77. The fourth-order valence-electron chi connectivity index (χ4n) is 1.41. The molecule has 0 radical (unpaired) electrons. The van der Waals surface area contributed by atoms with Crippen molar-refractivity contribution in [1.29, 1.82) is 5.26 Å². The molecule has 0 aliphatic carbocycles. The molecule has 2 aromatic rings. The largest absolute Gasteiger partial charge is 0.392 e. The summed E-state index contributed by atoms with van der Waals surface area (Å²) < 4.78 is 0. The Bertz CT molecular complexity index is 493. The smallest absolute Gasteiger partial charge is 0.112 e. The van der Waals surface area contributed by atoms with Crippen LogP contribution in [-0.2, 0) is 6.61 Å². The summed E-state index contributed by atoms with van der Waals surface area (Å²) in [4.78, 5) is 0.728. The second-order valence-electron chi connectivity index (χ2n) is 3.13. The fraction of sp³-hybridized carbons (Fsp3) is 0.0833. The van der Waals surface area contributed by atoms with Crippen LogP contribution in [0.25, 0.3) is 11.1 Å². The van der Waals surface area contributed by atoms with E-state index in [0.29, 0.717) is 0 Å². The molecule has 0 aliphatic rings. The van der Waals surface area contributed by atoms with Gasteiger partial charge in [-0.25, -0.2) is 0 Å². The van der Waals surface area contributed by atoms with Crippen molar-refractivity contribution in [2.75, 3.05) is 0 Å². The van der Waals surface area contributed by atoms with E-state index in [1.807, 2.05) is 35.7 Å². The molecule has 0 saturated carbocycles. The topological polar surface area (TPSA) is 44.0 Å². The van der Waals surface area contributed by atoms with Crippen LogP contribution in [-0.4, -0.2) is 5.11 Å². The number of aliphatic hydroxyl groups is 1. The molecule has 1 heterocycles. The lowest BCUT2D eigenvalue weighted by atomic mass is 10.1. The van der Waals surface area contributed by atoms with Gasteiger partial charge in [-0.05, 0) is 22.6 Å². The highest BCUT2D eigenvalue weighted by atomic mass is 32.1. The summed E-state index contributed by atoms with van der Waals surface area (Å²) in [6.45, 7) is 0.0506. The maximum absolute atomic E-state index is 8.91. The zero-order valence-electron chi connectivity index (χ0n) is 7.97. The van der Waals surface area contributed by atoms with Crippen molar-refractivity contribution in [2.45, 2.75) is 6.61 Å². The van der Waals surface area contributed by atoms with Gasteiger partial charge in [-0.2, -0.15) is 5.26 Å². The van der Waals surface area contributed by atoms with Gasteiger partial charge >= 0.3 is 0 Å². The highest BCUT2D eigenvalue weighted by Crippen LogP contribution is 2.27. The van der Waals surface area contributed by atoms with Gasteiger partial charge in [0.05, 0.1) is 6.61 Å². The molecule has 0 spiro atoms. The van der Waals surface area contributed by atoms with Crippen LogP contribution in [0.1, 0.15) is 10.4 Å². The molecule has 0 bridgehead atoms. The van der Waals surface area contributed by atoms with E-state index < -0.39 is 0 Å². The van der Waals surface area contributed by atoms with Crippen molar-refractivity contribution < 1.29 is 5.11 Å². The normalized spacial score (nSPS) is 9.87. The van der Waals surface area contributed by atoms with Crippen molar-refractivity contribution in [3.63, 3.8) is 0 Å². The number of aliphatic hydroxyl groups excluding tert-OH is 1. The van der Waals surface area contributed by atoms with Crippen LogP contribution in [0.3, 0.4) is 0 Å². The lowest BCUT2D eigenvalue weighted by molar-refractivity contribution is 0.282. The summed E-state index contributed by atoms with van der Waals surface area (Å²) in [5.74, 6) is 0. The third-order valence-corrected chi connectivity index (χ3v) is 3.03. The number of benzene rings is 1. The molecule has 0 amide bonds. The molecule has 1 aromatic heterocycles. The van der Waals surface area contributed by atoms with Gasteiger partial charge in [0.25, 0.3) is 0 Å². The molecule has 2 rings (SSSR count). The first-order chi connectivity index (χ1) is 7.35. The molecule has 74 valence electrons. The zero-order chi connectivity index (χ0) is 10.7. The Hall–Kier alpha value is -1.63. The quantitative estimate of drug-likeness (QED) is 0.837. The summed E-state index contributed by atoms with van der Waals surface area (Å²) in [5.41, 5.74) is 2.87. The van der Waals surface area contributed by atoms with E-state index in [9.17, 15) is 0 Å². The Labute approximate surface area is 92.0 Å². The number of nitrogens with zero attached hydrogens (tertiary/aromatic N) is 1. The first kappa shape index (κ1) is 9.91. The lowest BCUT2D eigenvalue weighted by Crippen LogP contribution is -1.83. The van der Waals surface area contributed by atoms with Gasteiger partial charge in [-0.3, -0.25) is 0 Å². The van der Waals surface area contributed by atoms with E-state index in [1.165, 1.54) is 11.3 Å². The first-order valence-electron chi connectivity index (χ1n) is 4.53. The molecule has 2 nitrogen and oxygen atoms in total. The molecular formula is C12H9NOS. The summed E-state index contributed by atoms with van der Waals surface area (Å²) in [5, 5.41) is 19.7. The molecular weight excluding hydrogens is 206 g/mol. The van der Waals surface area contributed by atoms with Crippen LogP contribution < -0.4 is 0 Å². The van der Waals surface area contributed by atoms with Gasteiger partial charge in [0.2, 0.25) is 0 Å². The van der Waals surface area contributed by atoms with E-state index in [2.05, 4.69) is 6.07 Å². The molecule has 0 fully saturated rings. The molecule has 0 aliphatic heterocycles. The zero-order valence-corrected chi connectivity index (χ0v) is 8.79. The van der Waals surface area contributed by atoms with Crippen LogP contribution in [0, 0.1) is 11.3 Å². The van der Waals surface area contributed by atoms with Crippen molar-refractivity contribution in [3.05, 3.63) is 46.2 Å². The summed E-state index contributed by atoms with van der Waals surface area (Å²) in [6.07, 6.45) is 0. The highest BCUT2D eigenvalue weighted by Gasteiger charge is 2.05. The maximum Gasteiger partial charge on any atom is 0.112 e. The molecule has 3 heteroatoms. The predicted molar refractivity (Wildman–Crippen MR) is 60.4 cm³/mol. The third kappa shape index (κ3) is 1.91. The third-order valence-electron chi connectivity index (χ3n) is 2.21. The van der Waals surface area contributed by atoms with Crippen molar-refractivity contribution in [3.8, 4) is 17.2 Å². The fourth-order valence-corrected chi connectivity index (χ4v) is 2.12. The van der Waals surface area contributed by atoms with Crippen LogP contribution in [0.15, 0.2) is 35.7 Å². The lowest BCUT2D eigenvalue weighted by Gasteiger charge is -2.00. The molecule has 0 unspecified atom stereocenters. The van der Waals surface area contributed by atoms with E-state index in [-0.39, 0.29) is 6.61 Å². The molecule has 1 aromatic carbocycles. The van der Waals surface area contributed by atoms with Crippen LogP contribution in [0.2, 0.25) is 0 Å². The highest BCUT2D eigenvalue weighted by molar-refractivity contribution is 7.11. The molecule has 15 heavy (non-hydrogen) atoms. The second kappa shape index (κ2) is 4.26. The summed E-state index contributed by atoms with van der Waals surface area (Å²) in [7, 11) is 0. The second-order valence-corrected chi connectivity index (χ2v) is 4.05. The number of thiophene rings is 1. The molecule has 0 atom stereocenters. The minimum Gasteiger partial charge on any atom is -0.392 e. The molecule has 1 N–H and O–H groups in total. The first-order valence-corrected chi connectivity index (χ1v) is 5.41. The van der Waals surface area contributed by atoms with Crippen LogP contribution >= 0.6 is 11.3 Å². The van der Waals surface area contributed by atoms with Gasteiger partial charge in [0, 0.05) is 5.56 Å². The van der Waals surface area contributed by atoms with E-state index in [4.69, 9.17) is 10.4 Å². The van der Waals surface area contributed by atoms with Crippen molar-refractivity contribution in [1.82, 2.24) is 0 Å². The van der Waals surface area contributed by atoms with Gasteiger partial charge in [0.1, 0.15) is 10.9 Å². The summed E-state index contributed by atoms with van der Waals surface area (Å²) >= 11 is 1.44. The minimum absolute atomic E-state index is 0.0506. The SMILES string of the molecule is N#Cc1sccc1-c1ccc(CO)cc1. The van der Waals surface area contributed by atoms with Crippen molar-refractivity contribution in [2.24, 2.45) is 0 Å². The Kier molecular flexibility index (Phi) is 2.82. The summed E-state index contributed by atoms with van der Waals surface area (Å²) in [6, 6.07) is 11.7. The number of nitriles is 1. The number of rotatable bonds is 2. The van der Waals surface area contributed by atoms with Gasteiger partial charge < -0.3 is 5.11 Å². The average molecular weight is 215 g/mol. The Morgan fingerprint density at radius 2 is 1.93 bits per heavy atom. The van der Waals surface area contributed by atoms with E-state index in [0.717, 1.165) is 21.6 Å². The van der Waals surface area contributed by atoms with E-state index >= 15 is 0 Å². The number of hydrogen-bond donors (Lipinski definition) is 1.